The Hall–Kier alpha value is -1.16. The summed E-state index contributed by atoms with van der Waals surface area (Å²) >= 11 is 1.53. The summed E-state index contributed by atoms with van der Waals surface area (Å²) in [7, 11) is 0. The number of aromatic amines is 1. The zero-order valence-electron chi connectivity index (χ0n) is 7.50. The summed E-state index contributed by atoms with van der Waals surface area (Å²) < 4.78 is 0.728. The lowest BCUT2D eigenvalue weighted by atomic mass is 10.2. The zero-order valence-corrected chi connectivity index (χ0v) is 8.31. The normalized spacial score (nSPS) is 11.3. The molecule has 2 aromatic heterocycles. The first kappa shape index (κ1) is 8.44. The van der Waals surface area contributed by atoms with Crippen molar-refractivity contribution in [2.24, 2.45) is 0 Å². The van der Waals surface area contributed by atoms with Crippen LogP contribution in [0, 0.1) is 0 Å². The van der Waals surface area contributed by atoms with Crippen LogP contribution < -0.4 is 5.56 Å². The van der Waals surface area contributed by atoms with E-state index in [1.807, 2.05) is 6.07 Å². The first-order chi connectivity index (χ1) is 6.18. The Bertz CT molecular complexity index is 489. The van der Waals surface area contributed by atoms with Crippen molar-refractivity contribution in [1.82, 2.24) is 9.97 Å². The van der Waals surface area contributed by atoms with Gasteiger partial charge in [-0.15, -0.1) is 11.3 Å². The van der Waals surface area contributed by atoms with Crippen molar-refractivity contribution >= 4 is 21.6 Å². The predicted molar refractivity (Wildman–Crippen MR) is 56.4 cm³/mol. The van der Waals surface area contributed by atoms with Gasteiger partial charge < -0.3 is 4.98 Å². The largest absolute Gasteiger partial charge is 0.312 e. The minimum Gasteiger partial charge on any atom is -0.312 e. The van der Waals surface area contributed by atoms with Crippen LogP contribution in [-0.4, -0.2) is 9.97 Å². The van der Waals surface area contributed by atoms with E-state index in [1.54, 1.807) is 0 Å². The molecule has 0 spiro atoms. The van der Waals surface area contributed by atoms with E-state index in [2.05, 4.69) is 23.8 Å². The molecule has 3 nitrogen and oxygen atoms in total. The lowest BCUT2D eigenvalue weighted by Crippen LogP contribution is -2.02. The highest BCUT2D eigenvalue weighted by molar-refractivity contribution is 7.19. The SMILES string of the molecule is CC(C)c1cc2nc[nH]c(=O)c2s1.[HH]. The molecular formula is C9H12N2OS. The van der Waals surface area contributed by atoms with Crippen LogP contribution in [0.2, 0.25) is 0 Å². The fourth-order valence-electron chi connectivity index (χ4n) is 1.17. The van der Waals surface area contributed by atoms with E-state index < -0.39 is 0 Å². The highest BCUT2D eigenvalue weighted by atomic mass is 32.1. The van der Waals surface area contributed by atoms with Gasteiger partial charge in [0.05, 0.1) is 11.8 Å². The summed E-state index contributed by atoms with van der Waals surface area (Å²) in [4.78, 5) is 19.2. The molecule has 13 heavy (non-hydrogen) atoms. The van der Waals surface area contributed by atoms with Gasteiger partial charge in [-0.1, -0.05) is 13.8 Å². The topological polar surface area (TPSA) is 45.8 Å². The number of H-pyrrole nitrogens is 1. The van der Waals surface area contributed by atoms with Gasteiger partial charge in [-0.3, -0.25) is 4.79 Å². The third-order valence-corrected chi connectivity index (χ3v) is 3.33. The molecule has 0 amide bonds. The van der Waals surface area contributed by atoms with Gasteiger partial charge >= 0.3 is 0 Å². The van der Waals surface area contributed by atoms with Gasteiger partial charge in [0.15, 0.2) is 0 Å². The highest BCUT2D eigenvalue weighted by Crippen LogP contribution is 2.26. The van der Waals surface area contributed by atoms with Gasteiger partial charge in [0.2, 0.25) is 0 Å². The Kier molecular flexibility index (Phi) is 1.92. The Labute approximate surface area is 80.9 Å². The molecule has 0 fully saturated rings. The van der Waals surface area contributed by atoms with Crippen LogP contribution >= 0.6 is 11.3 Å². The molecule has 4 heteroatoms. The third-order valence-electron chi connectivity index (χ3n) is 1.91. The number of nitrogens with zero attached hydrogens (tertiary/aromatic N) is 1. The van der Waals surface area contributed by atoms with E-state index >= 15 is 0 Å². The summed E-state index contributed by atoms with van der Waals surface area (Å²) in [6, 6.07) is 1.99. The molecule has 2 heterocycles. The fraction of sp³-hybridized carbons (Fsp3) is 0.333. The number of thiophene rings is 1. The molecular weight excluding hydrogens is 184 g/mol. The average Bonchev–Trinajstić information content (AvgIpc) is 2.49. The van der Waals surface area contributed by atoms with Crippen molar-refractivity contribution in [2.75, 3.05) is 0 Å². The smallest absolute Gasteiger partial charge is 0.268 e. The molecule has 2 aromatic rings. The van der Waals surface area contributed by atoms with Crippen LogP contribution in [0.15, 0.2) is 17.2 Å². The maximum absolute atomic E-state index is 11.3. The Morgan fingerprint density at radius 2 is 2.38 bits per heavy atom. The number of nitrogens with one attached hydrogen (secondary N) is 1. The van der Waals surface area contributed by atoms with Crippen molar-refractivity contribution in [3.8, 4) is 0 Å². The van der Waals surface area contributed by atoms with E-state index in [0.29, 0.717) is 5.92 Å². The Morgan fingerprint density at radius 1 is 1.62 bits per heavy atom. The van der Waals surface area contributed by atoms with E-state index in [0.717, 1.165) is 10.2 Å². The average molecular weight is 196 g/mol. The van der Waals surface area contributed by atoms with E-state index in [1.165, 1.54) is 22.5 Å². The third kappa shape index (κ3) is 1.37. The van der Waals surface area contributed by atoms with Gasteiger partial charge in [-0.25, -0.2) is 4.98 Å². The molecule has 0 bridgehead atoms. The van der Waals surface area contributed by atoms with Crippen LogP contribution in [-0.2, 0) is 0 Å². The maximum atomic E-state index is 11.3. The minimum absolute atomic E-state index is 0. The molecule has 0 aromatic carbocycles. The molecule has 1 N–H and O–H groups in total. The molecule has 2 rings (SSSR count). The number of rotatable bonds is 1. The van der Waals surface area contributed by atoms with E-state index in [4.69, 9.17) is 0 Å². The molecule has 0 unspecified atom stereocenters. The molecule has 0 radical (unpaired) electrons. The van der Waals surface area contributed by atoms with Crippen LogP contribution in [0.25, 0.3) is 10.2 Å². The fourth-order valence-corrected chi connectivity index (χ4v) is 2.18. The molecule has 0 aliphatic heterocycles. The number of hydrogen-bond acceptors (Lipinski definition) is 3. The van der Waals surface area contributed by atoms with Crippen LogP contribution in [0.1, 0.15) is 26.1 Å². The lowest BCUT2D eigenvalue weighted by molar-refractivity contribution is 0.890. The molecule has 0 aliphatic carbocycles. The van der Waals surface area contributed by atoms with E-state index in [-0.39, 0.29) is 6.99 Å². The van der Waals surface area contributed by atoms with Crippen LogP contribution in [0.4, 0.5) is 0 Å². The standard InChI is InChI=1S/C9H10N2OS.H2/c1-5(2)7-3-6-8(13-7)9(12)11-4-10-6;/h3-5H,1-2H3,(H,10,11,12);1H. The van der Waals surface area contributed by atoms with Crippen molar-refractivity contribution in [2.45, 2.75) is 19.8 Å². The lowest BCUT2D eigenvalue weighted by Gasteiger charge is -1.95. The van der Waals surface area contributed by atoms with Crippen LogP contribution in [0.3, 0.4) is 0 Å². The Morgan fingerprint density at radius 3 is 3.00 bits per heavy atom. The van der Waals surface area contributed by atoms with Crippen LogP contribution in [0.5, 0.6) is 0 Å². The minimum atomic E-state index is -0.0399. The van der Waals surface area contributed by atoms with Gasteiger partial charge in [0, 0.05) is 6.30 Å². The van der Waals surface area contributed by atoms with Gasteiger partial charge in [0.1, 0.15) is 4.70 Å². The summed E-state index contributed by atoms with van der Waals surface area (Å²) in [5.41, 5.74) is 0.763. The van der Waals surface area contributed by atoms with Crippen molar-refractivity contribution in [3.63, 3.8) is 0 Å². The van der Waals surface area contributed by atoms with Gasteiger partial charge in [-0.2, -0.15) is 0 Å². The zero-order chi connectivity index (χ0) is 9.42. The molecule has 0 saturated carbocycles. The number of aromatic nitrogens is 2. The van der Waals surface area contributed by atoms with Gasteiger partial charge in [0.25, 0.3) is 5.56 Å². The molecule has 70 valence electrons. The van der Waals surface area contributed by atoms with Crippen molar-refractivity contribution < 1.29 is 1.43 Å². The quantitative estimate of drug-likeness (QED) is 0.761. The molecule has 0 saturated heterocycles. The number of hydrogen-bond donors (Lipinski definition) is 1. The first-order valence-electron chi connectivity index (χ1n) is 4.15. The molecule has 0 aliphatic rings. The number of fused-ring (bicyclic) bond motifs is 1. The summed E-state index contributed by atoms with van der Waals surface area (Å²) in [5, 5.41) is 0. The van der Waals surface area contributed by atoms with Gasteiger partial charge in [-0.05, 0) is 12.0 Å². The maximum Gasteiger partial charge on any atom is 0.268 e. The monoisotopic (exact) mass is 196 g/mol. The Balaban J connectivity index is 0.000000980. The molecule has 0 atom stereocenters. The van der Waals surface area contributed by atoms with E-state index in [9.17, 15) is 4.79 Å². The predicted octanol–water partition coefficient (Wildman–Crippen LogP) is 2.35. The second-order valence-electron chi connectivity index (χ2n) is 3.25. The summed E-state index contributed by atoms with van der Waals surface area (Å²) in [6.07, 6.45) is 1.45. The summed E-state index contributed by atoms with van der Waals surface area (Å²) in [6.45, 7) is 4.22. The highest BCUT2D eigenvalue weighted by Gasteiger charge is 2.07. The second-order valence-corrected chi connectivity index (χ2v) is 4.33. The van der Waals surface area contributed by atoms with Crippen molar-refractivity contribution in [1.29, 1.82) is 0 Å². The first-order valence-corrected chi connectivity index (χ1v) is 4.97. The summed E-state index contributed by atoms with van der Waals surface area (Å²) in [5.74, 6) is 0.457. The second kappa shape index (κ2) is 2.96. The van der Waals surface area contributed by atoms with Crippen molar-refractivity contribution in [3.05, 3.63) is 27.6 Å².